The average Bonchev–Trinajstić information content (AvgIpc) is 3.28. The van der Waals surface area contributed by atoms with Gasteiger partial charge in [0, 0.05) is 30.3 Å². The third kappa shape index (κ3) is 4.20. The summed E-state index contributed by atoms with van der Waals surface area (Å²) in [5.74, 6) is -0.448. The third-order valence-corrected chi connectivity index (χ3v) is 6.57. The molecule has 0 unspecified atom stereocenters. The van der Waals surface area contributed by atoms with Crippen molar-refractivity contribution in [2.24, 2.45) is 0 Å². The number of amides is 2. The molecule has 10 nitrogen and oxygen atoms in total. The Morgan fingerprint density at radius 1 is 1.03 bits per heavy atom. The number of rotatable bonds is 6. The van der Waals surface area contributed by atoms with E-state index >= 15 is 0 Å². The molecule has 1 atom stereocenters. The fourth-order valence-corrected chi connectivity index (χ4v) is 4.70. The Morgan fingerprint density at radius 2 is 1.68 bits per heavy atom. The van der Waals surface area contributed by atoms with Crippen LogP contribution < -0.4 is 19.7 Å². The number of fused-ring (bicyclic) bond motifs is 1. The quantitative estimate of drug-likeness (QED) is 0.646. The number of benzene rings is 1. The van der Waals surface area contributed by atoms with Crippen molar-refractivity contribution in [1.82, 2.24) is 15.1 Å². The lowest BCUT2D eigenvalue weighted by molar-refractivity contribution is -0.127. The van der Waals surface area contributed by atoms with Crippen LogP contribution in [0.3, 0.4) is 0 Å². The van der Waals surface area contributed by atoms with Crippen LogP contribution in [0.25, 0.3) is 0 Å². The van der Waals surface area contributed by atoms with Crippen LogP contribution in [0.5, 0.6) is 11.5 Å². The monoisotopic (exact) mass is 470 g/mol. The Kier molecular flexibility index (Phi) is 6.49. The molecule has 1 saturated carbocycles. The molecule has 182 valence electrons. The second-order valence-electron chi connectivity index (χ2n) is 8.86. The first-order valence-corrected chi connectivity index (χ1v) is 11.4. The molecule has 2 heterocycles. The van der Waals surface area contributed by atoms with E-state index in [0.717, 1.165) is 32.1 Å². The second-order valence-corrected chi connectivity index (χ2v) is 8.86. The molecule has 2 amide bonds. The molecule has 10 heteroatoms. The molecule has 1 N–H and O–H groups in total. The van der Waals surface area contributed by atoms with Gasteiger partial charge < -0.3 is 19.5 Å². The number of nitrogens with one attached hydrogen (secondary N) is 1. The van der Waals surface area contributed by atoms with Gasteiger partial charge in [-0.1, -0.05) is 19.3 Å². The second kappa shape index (κ2) is 9.36. The highest BCUT2D eigenvalue weighted by molar-refractivity contribution is 6.12. The topological polar surface area (TPSA) is 112 Å². The van der Waals surface area contributed by atoms with E-state index in [1.165, 1.54) is 37.0 Å². The lowest BCUT2D eigenvalue weighted by Crippen LogP contribution is -2.65. The molecule has 1 aromatic carbocycles. The van der Waals surface area contributed by atoms with Crippen LogP contribution in [0.15, 0.2) is 24.3 Å². The van der Waals surface area contributed by atoms with Crippen LogP contribution in [-0.4, -0.2) is 60.5 Å². The number of anilines is 1. The van der Waals surface area contributed by atoms with Crippen molar-refractivity contribution >= 4 is 23.5 Å². The van der Waals surface area contributed by atoms with E-state index in [2.05, 4.69) is 10.4 Å². The summed E-state index contributed by atoms with van der Waals surface area (Å²) in [5, 5.41) is 7.41. The maximum Gasteiger partial charge on any atom is 0.358 e. The molecular formula is C24H30N4O6. The molecular weight excluding hydrogens is 440 g/mol. The van der Waals surface area contributed by atoms with E-state index in [4.69, 9.17) is 14.2 Å². The molecule has 0 radical (unpaired) electrons. The van der Waals surface area contributed by atoms with E-state index in [1.807, 2.05) is 0 Å². The van der Waals surface area contributed by atoms with Gasteiger partial charge in [0.05, 0.1) is 33.6 Å². The highest BCUT2D eigenvalue weighted by Gasteiger charge is 2.49. The van der Waals surface area contributed by atoms with E-state index in [1.54, 1.807) is 25.1 Å². The summed E-state index contributed by atoms with van der Waals surface area (Å²) in [7, 11) is 4.28. The fraction of sp³-hybridized carbons (Fsp3) is 0.500. The standard InChI is InChI=1S/C24H30N4O6/c1-24(23(31)25-15-8-6-5-7-9-15)14-27-20(13-19(26-27)22(30)34-4)21(29)28(24)16-10-17(32-2)12-18(11-16)33-3/h10-13,15H,5-9,14H2,1-4H3,(H,25,31)/t24-/m0/s1. The maximum absolute atomic E-state index is 13.8. The predicted octanol–water partition coefficient (Wildman–Crippen LogP) is 2.55. The van der Waals surface area contributed by atoms with Gasteiger partial charge in [-0.05, 0) is 19.8 Å². The zero-order valence-electron chi connectivity index (χ0n) is 19.9. The van der Waals surface area contributed by atoms with Gasteiger partial charge in [-0.15, -0.1) is 0 Å². The van der Waals surface area contributed by atoms with Crippen molar-refractivity contribution in [3.05, 3.63) is 35.7 Å². The zero-order valence-corrected chi connectivity index (χ0v) is 19.9. The number of methoxy groups -OCH3 is 3. The van der Waals surface area contributed by atoms with Crippen LogP contribution in [0, 0.1) is 0 Å². The maximum atomic E-state index is 13.8. The fourth-order valence-electron chi connectivity index (χ4n) is 4.70. The Balaban J connectivity index is 1.80. The van der Waals surface area contributed by atoms with E-state index in [-0.39, 0.29) is 29.9 Å². The van der Waals surface area contributed by atoms with Gasteiger partial charge in [0.15, 0.2) is 5.69 Å². The van der Waals surface area contributed by atoms with Crippen molar-refractivity contribution in [3.8, 4) is 11.5 Å². The Hall–Kier alpha value is -3.56. The normalized spacial score (nSPS) is 20.5. The largest absolute Gasteiger partial charge is 0.497 e. The SMILES string of the molecule is COC(=O)c1cc2n(n1)C[C@@](C)(C(=O)NC1CCCCC1)N(c1cc(OC)cc(OC)c1)C2=O. The van der Waals surface area contributed by atoms with Crippen molar-refractivity contribution in [1.29, 1.82) is 0 Å². The molecule has 1 aromatic heterocycles. The summed E-state index contributed by atoms with van der Waals surface area (Å²) in [6.07, 6.45) is 5.09. The van der Waals surface area contributed by atoms with Crippen molar-refractivity contribution < 1.29 is 28.6 Å². The Bertz CT molecular complexity index is 1080. The van der Waals surface area contributed by atoms with Crippen LogP contribution in [0.2, 0.25) is 0 Å². The first-order valence-electron chi connectivity index (χ1n) is 11.4. The van der Waals surface area contributed by atoms with Crippen molar-refractivity contribution in [2.45, 2.75) is 57.2 Å². The van der Waals surface area contributed by atoms with Gasteiger partial charge in [0.1, 0.15) is 22.7 Å². The van der Waals surface area contributed by atoms with E-state index in [0.29, 0.717) is 17.2 Å². The lowest BCUT2D eigenvalue weighted by atomic mass is 9.91. The van der Waals surface area contributed by atoms with Crippen molar-refractivity contribution in [3.63, 3.8) is 0 Å². The Morgan fingerprint density at radius 3 is 2.26 bits per heavy atom. The summed E-state index contributed by atoms with van der Waals surface area (Å²) in [5.41, 5.74) is -0.691. The number of aromatic nitrogens is 2. The van der Waals surface area contributed by atoms with Crippen LogP contribution >= 0.6 is 0 Å². The van der Waals surface area contributed by atoms with Gasteiger partial charge in [-0.3, -0.25) is 19.2 Å². The zero-order chi connectivity index (χ0) is 24.5. The van der Waals surface area contributed by atoms with Crippen LogP contribution in [0.1, 0.15) is 60.0 Å². The molecule has 1 fully saturated rings. The third-order valence-electron chi connectivity index (χ3n) is 6.57. The van der Waals surface area contributed by atoms with Gasteiger partial charge in [-0.25, -0.2) is 4.79 Å². The molecule has 4 rings (SSSR count). The van der Waals surface area contributed by atoms with Gasteiger partial charge in [-0.2, -0.15) is 5.10 Å². The molecule has 1 aliphatic carbocycles. The number of esters is 1. The molecule has 2 aliphatic rings. The molecule has 1 aliphatic heterocycles. The highest BCUT2D eigenvalue weighted by Crippen LogP contribution is 2.37. The Labute approximate surface area is 198 Å². The first kappa shape index (κ1) is 23.6. The molecule has 0 bridgehead atoms. The summed E-state index contributed by atoms with van der Waals surface area (Å²) in [4.78, 5) is 41.1. The minimum absolute atomic E-state index is 0.00552. The number of hydrogen-bond donors (Lipinski definition) is 1. The van der Waals surface area contributed by atoms with E-state index in [9.17, 15) is 14.4 Å². The number of carbonyl (C=O) groups excluding carboxylic acids is 3. The molecule has 0 spiro atoms. The number of nitrogens with zero attached hydrogens (tertiary/aromatic N) is 3. The van der Waals surface area contributed by atoms with E-state index < -0.39 is 17.4 Å². The smallest absolute Gasteiger partial charge is 0.358 e. The summed E-state index contributed by atoms with van der Waals surface area (Å²) in [6.45, 7) is 1.76. The number of carbonyl (C=O) groups is 3. The molecule has 2 aromatic rings. The minimum atomic E-state index is -1.32. The summed E-state index contributed by atoms with van der Waals surface area (Å²) < 4.78 is 17.0. The minimum Gasteiger partial charge on any atom is -0.497 e. The average molecular weight is 471 g/mol. The number of ether oxygens (including phenoxy) is 3. The van der Waals surface area contributed by atoms with Crippen LogP contribution in [-0.2, 0) is 16.1 Å². The summed E-state index contributed by atoms with van der Waals surface area (Å²) in [6, 6.07) is 6.49. The van der Waals surface area contributed by atoms with Crippen molar-refractivity contribution in [2.75, 3.05) is 26.2 Å². The van der Waals surface area contributed by atoms with Crippen LogP contribution in [0.4, 0.5) is 5.69 Å². The highest BCUT2D eigenvalue weighted by atomic mass is 16.5. The summed E-state index contributed by atoms with van der Waals surface area (Å²) >= 11 is 0. The lowest BCUT2D eigenvalue weighted by Gasteiger charge is -2.44. The first-order chi connectivity index (χ1) is 16.3. The van der Waals surface area contributed by atoms with Gasteiger partial charge >= 0.3 is 5.97 Å². The van der Waals surface area contributed by atoms with Gasteiger partial charge in [0.25, 0.3) is 5.91 Å². The number of hydrogen-bond acceptors (Lipinski definition) is 7. The predicted molar refractivity (Wildman–Crippen MR) is 123 cm³/mol. The van der Waals surface area contributed by atoms with Gasteiger partial charge in [0.2, 0.25) is 5.91 Å². The molecule has 0 saturated heterocycles. The molecule has 34 heavy (non-hydrogen) atoms.